The Bertz CT molecular complexity index is 333. The maximum Gasteiger partial charge on any atom is 0.160 e. The van der Waals surface area contributed by atoms with Crippen LogP contribution in [0.4, 0.5) is 0 Å². The molecule has 78 valence electrons. The fraction of sp³-hybridized carbons (Fsp3) is 0.538. The summed E-state index contributed by atoms with van der Waals surface area (Å²) in [6.07, 6.45) is 4.62. The van der Waals surface area contributed by atoms with Gasteiger partial charge in [0.1, 0.15) is 12.5 Å². The Morgan fingerprint density at radius 2 is 0.857 bits per heavy atom. The van der Waals surface area contributed by atoms with Gasteiger partial charge in [0.15, 0.2) is 4.90 Å². The molecule has 0 atom stereocenters. The Hall–Kier alpha value is -0.430. The van der Waals surface area contributed by atoms with Crippen molar-refractivity contribution >= 4 is 10.9 Å². The van der Waals surface area contributed by atoms with Crippen molar-refractivity contribution in [2.45, 2.75) is 39.5 Å². The van der Waals surface area contributed by atoms with E-state index in [1.165, 1.54) is 27.8 Å². The molecule has 0 N–H and O–H groups in total. The molecule has 0 nitrogen and oxygen atoms in total. The van der Waals surface area contributed by atoms with Crippen LogP contribution in [-0.4, -0.2) is 12.5 Å². The lowest BCUT2D eigenvalue weighted by atomic mass is 9.95. The van der Waals surface area contributed by atoms with E-state index in [1.54, 1.807) is 4.90 Å². The Morgan fingerprint density at radius 1 is 0.571 bits per heavy atom. The normalized spacial score (nSPS) is 11.1. The Labute approximate surface area is 91.1 Å². The molecule has 0 spiro atoms. The van der Waals surface area contributed by atoms with Gasteiger partial charge >= 0.3 is 0 Å². The molecule has 0 saturated carbocycles. The van der Waals surface area contributed by atoms with Gasteiger partial charge in [-0.15, -0.1) is 0 Å². The number of rotatable bonds is 1. The van der Waals surface area contributed by atoms with E-state index in [0.717, 1.165) is 0 Å². The summed E-state index contributed by atoms with van der Waals surface area (Å²) in [5.41, 5.74) is 7.42. The summed E-state index contributed by atoms with van der Waals surface area (Å²) < 4.78 is 0. The minimum atomic E-state index is 0.369. The largest absolute Gasteiger partial charge is 0.160 e. The van der Waals surface area contributed by atoms with Gasteiger partial charge in [-0.05, 0) is 51.3 Å². The molecule has 1 aromatic rings. The Morgan fingerprint density at radius 3 is 1.14 bits per heavy atom. The van der Waals surface area contributed by atoms with Crippen LogP contribution in [-0.2, 0) is 10.9 Å². The predicted molar refractivity (Wildman–Crippen MR) is 67.6 cm³/mol. The number of hydrogen-bond donors (Lipinski definition) is 0. The van der Waals surface area contributed by atoms with Gasteiger partial charge in [0.2, 0.25) is 0 Å². The molecule has 0 aliphatic heterocycles. The lowest BCUT2D eigenvalue weighted by molar-refractivity contribution is 1.09. The Balaban J connectivity index is 3.60. The van der Waals surface area contributed by atoms with E-state index in [9.17, 15) is 0 Å². The molecule has 0 amide bonds. The standard InChI is InChI=1S/C13H21S/c1-8-9(2)11(4)13(14(6)7)12(5)10(8)3/h1-7H3/q+1. The van der Waals surface area contributed by atoms with E-state index in [1.807, 2.05) is 0 Å². The first-order chi connectivity index (χ1) is 6.37. The van der Waals surface area contributed by atoms with Crippen LogP contribution in [0.1, 0.15) is 27.8 Å². The predicted octanol–water partition coefficient (Wildman–Crippen LogP) is 3.47. The van der Waals surface area contributed by atoms with E-state index < -0.39 is 0 Å². The highest BCUT2D eigenvalue weighted by molar-refractivity contribution is 7.95. The summed E-state index contributed by atoms with van der Waals surface area (Å²) in [6.45, 7) is 11.2. The lowest BCUT2D eigenvalue weighted by Crippen LogP contribution is -2.07. The zero-order valence-corrected chi connectivity index (χ0v) is 11.2. The average Bonchev–Trinajstić information content (AvgIpc) is 2.11. The van der Waals surface area contributed by atoms with E-state index in [2.05, 4.69) is 47.1 Å². The van der Waals surface area contributed by atoms with Crippen LogP contribution in [0, 0.1) is 34.6 Å². The van der Waals surface area contributed by atoms with Crippen molar-refractivity contribution in [2.75, 3.05) is 12.5 Å². The third kappa shape index (κ3) is 1.70. The van der Waals surface area contributed by atoms with Gasteiger partial charge in [0, 0.05) is 22.0 Å². The molecule has 14 heavy (non-hydrogen) atoms. The van der Waals surface area contributed by atoms with Gasteiger partial charge < -0.3 is 0 Å². The first-order valence-electron chi connectivity index (χ1n) is 5.02. The van der Waals surface area contributed by atoms with Crippen LogP contribution in [0.5, 0.6) is 0 Å². The molecule has 0 bridgehead atoms. The number of benzene rings is 1. The monoisotopic (exact) mass is 209 g/mol. The van der Waals surface area contributed by atoms with Crippen LogP contribution >= 0.6 is 0 Å². The Kier molecular flexibility index (Phi) is 3.31. The fourth-order valence-corrected chi connectivity index (χ4v) is 3.61. The van der Waals surface area contributed by atoms with Gasteiger partial charge in [0.05, 0.1) is 0 Å². The molecule has 0 fully saturated rings. The molecule has 0 aliphatic carbocycles. The molecule has 1 rings (SSSR count). The summed E-state index contributed by atoms with van der Waals surface area (Å²) in [5, 5.41) is 0. The minimum Gasteiger partial charge on any atom is -0.0444 e. The molecule has 0 saturated heterocycles. The summed E-state index contributed by atoms with van der Waals surface area (Å²) >= 11 is 0. The van der Waals surface area contributed by atoms with E-state index in [4.69, 9.17) is 0 Å². The van der Waals surface area contributed by atoms with Crippen molar-refractivity contribution in [2.24, 2.45) is 0 Å². The van der Waals surface area contributed by atoms with Gasteiger partial charge in [0.25, 0.3) is 0 Å². The zero-order valence-electron chi connectivity index (χ0n) is 10.4. The second kappa shape index (κ2) is 3.98. The zero-order chi connectivity index (χ0) is 11.0. The van der Waals surface area contributed by atoms with Crippen molar-refractivity contribution in [1.82, 2.24) is 0 Å². The van der Waals surface area contributed by atoms with Gasteiger partial charge in [-0.1, -0.05) is 0 Å². The second-order valence-electron chi connectivity index (χ2n) is 4.27. The molecule has 0 aromatic heterocycles. The van der Waals surface area contributed by atoms with Gasteiger partial charge in [-0.2, -0.15) is 0 Å². The molecule has 0 aliphatic rings. The molecule has 0 radical (unpaired) electrons. The topological polar surface area (TPSA) is 0 Å². The van der Waals surface area contributed by atoms with Crippen LogP contribution in [0.15, 0.2) is 4.90 Å². The van der Waals surface area contributed by atoms with E-state index in [0.29, 0.717) is 10.9 Å². The highest BCUT2D eigenvalue weighted by atomic mass is 32.2. The van der Waals surface area contributed by atoms with E-state index >= 15 is 0 Å². The minimum absolute atomic E-state index is 0.369. The summed E-state index contributed by atoms with van der Waals surface area (Å²) in [5.74, 6) is 0. The lowest BCUT2D eigenvalue weighted by Gasteiger charge is -2.15. The highest BCUT2D eigenvalue weighted by Crippen LogP contribution is 2.29. The average molecular weight is 209 g/mol. The first-order valence-corrected chi connectivity index (χ1v) is 7.06. The van der Waals surface area contributed by atoms with E-state index in [-0.39, 0.29) is 0 Å². The first kappa shape index (κ1) is 11.6. The highest BCUT2D eigenvalue weighted by Gasteiger charge is 2.20. The smallest absolute Gasteiger partial charge is 0.0444 e. The fourth-order valence-electron chi connectivity index (χ4n) is 2.08. The number of hydrogen-bond acceptors (Lipinski definition) is 0. The van der Waals surface area contributed by atoms with Crippen molar-refractivity contribution in [3.05, 3.63) is 27.8 Å². The third-order valence-electron chi connectivity index (χ3n) is 3.34. The second-order valence-corrected chi connectivity index (χ2v) is 6.31. The third-order valence-corrected chi connectivity index (χ3v) is 4.77. The molecule has 0 heterocycles. The van der Waals surface area contributed by atoms with Crippen LogP contribution in [0.2, 0.25) is 0 Å². The van der Waals surface area contributed by atoms with Crippen molar-refractivity contribution in [3.63, 3.8) is 0 Å². The summed E-state index contributed by atoms with van der Waals surface area (Å²) in [6, 6.07) is 0. The summed E-state index contributed by atoms with van der Waals surface area (Å²) in [4.78, 5) is 1.57. The van der Waals surface area contributed by atoms with Gasteiger partial charge in [-0.3, -0.25) is 0 Å². The van der Waals surface area contributed by atoms with Crippen molar-refractivity contribution < 1.29 is 0 Å². The molecular weight excluding hydrogens is 188 g/mol. The molecule has 1 aromatic carbocycles. The molecule has 0 unspecified atom stereocenters. The maximum absolute atomic E-state index is 2.31. The molecular formula is C13H21S+. The van der Waals surface area contributed by atoms with Crippen LogP contribution < -0.4 is 0 Å². The molecule has 1 heteroatoms. The van der Waals surface area contributed by atoms with Gasteiger partial charge in [-0.25, -0.2) is 0 Å². The SMILES string of the molecule is Cc1c(C)c(C)c([S+](C)C)c(C)c1C. The van der Waals surface area contributed by atoms with Crippen LogP contribution in [0.25, 0.3) is 0 Å². The van der Waals surface area contributed by atoms with Crippen LogP contribution in [0.3, 0.4) is 0 Å². The summed E-state index contributed by atoms with van der Waals surface area (Å²) in [7, 11) is 0.369. The maximum atomic E-state index is 2.31. The quantitative estimate of drug-likeness (QED) is 0.621. The van der Waals surface area contributed by atoms with Crippen molar-refractivity contribution in [3.8, 4) is 0 Å². The van der Waals surface area contributed by atoms with Crippen molar-refractivity contribution in [1.29, 1.82) is 0 Å².